The van der Waals surface area contributed by atoms with Crippen LogP contribution >= 0.6 is 23.1 Å². The van der Waals surface area contributed by atoms with Gasteiger partial charge in [-0.15, -0.1) is 23.1 Å². The molecule has 24 heteroatoms. The van der Waals surface area contributed by atoms with Crippen molar-refractivity contribution >= 4 is 86.6 Å². The second kappa shape index (κ2) is 36.0. The molecule has 0 bridgehead atoms. The molecule has 1 atom stereocenters. The average Bonchev–Trinajstić information content (AvgIpc) is 3.90. The highest BCUT2D eigenvalue weighted by atomic mass is 32.2. The highest BCUT2D eigenvalue weighted by molar-refractivity contribution is 8.15. The second-order valence-corrected chi connectivity index (χ2v) is 13.5. The van der Waals surface area contributed by atoms with Crippen molar-refractivity contribution in [2.24, 2.45) is 37.9 Å². The number of likely N-dealkylation sites (N-methyl/N-ethyl adjacent to an activating group) is 1. The van der Waals surface area contributed by atoms with Crippen LogP contribution in [-0.4, -0.2) is 156 Å². The van der Waals surface area contributed by atoms with E-state index in [-0.39, 0.29) is 49.3 Å². The summed E-state index contributed by atoms with van der Waals surface area (Å²) >= 11 is 3.26. The molecule has 4 amide bonds. The fraction of sp³-hybridized carbons (Fsp3) is 0.571. The molecular weight excluding hydrogens is 813 g/mol. The number of nitrogens with one attached hydrogen (secondary N) is 4. The molecule has 0 radical (unpaired) electrons. The largest absolute Gasteiger partial charge is 0.483 e. The number of carboxylic acid groups (broad SMARTS) is 1. The van der Waals surface area contributed by atoms with Crippen molar-refractivity contribution in [2.45, 2.75) is 39.2 Å². The number of ether oxygens (including phenoxy) is 4. The number of fused-ring (bicyclic) bond motifs is 1. The van der Waals surface area contributed by atoms with Crippen LogP contribution in [0.4, 0.5) is 5.69 Å². The Morgan fingerprint density at radius 3 is 2.14 bits per heavy atom. The molecule has 59 heavy (non-hydrogen) atoms. The number of aromatic nitrogens is 1. The number of nitrogens with two attached hydrogens (primary N) is 4. The summed E-state index contributed by atoms with van der Waals surface area (Å²) in [5.41, 5.74) is 22.1. The fourth-order valence-electron chi connectivity index (χ4n) is 4.14. The third-order valence-corrected chi connectivity index (χ3v) is 8.84. The van der Waals surface area contributed by atoms with Crippen LogP contribution in [0.5, 0.6) is 0 Å². The summed E-state index contributed by atoms with van der Waals surface area (Å²) in [6, 6.07) is 4.88. The van der Waals surface area contributed by atoms with Crippen molar-refractivity contribution in [1.29, 1.82) is 0 Å². The standard InChI is InChI=1S/C17H21N7O2S2.C13H26N2O6.C4H11N3.CH2O2/c18-17(19)21-5-1-2-12(22-9-25)14(26)23-10-3-4-11-13(8-10)28-16(24-11)15-20-6-7-27-15;1-3-14-12(16)10-15-13(17)11-21-9-8-20-7-6-19-5-4-18-2;1-2-3-7-4(5)6;2-1-3/h3-4,8-9,12H,1-2,5-7H2,(H,22,25)(H,23,26)(H4,18,19,21);3-11H2,1-2H3,(H,14,16)(H,15,17);2-3H2,1H3,(H4,5,6,7);1H,(H,2,3). The zero-order valence-corrected chi connectivity index (χ0v) is 35.4. The molecule has 1 aliphatic rings. The molecule has 13 N–H and O–H groups in total. The number of anilines is 1. The number of amides is 4. The SMILES string of the molecule is CCCN=C(N)N.CCNC(=O)CNC(=O)COCCOCCOCCOC.NC(N)=NCCCC(NC=O)C(=O)Nc1ccc2nc(C3=NCCS3)sc2c1.O=CO. The highest BCUT2D eigenvalue weighted by Crippen LogP contribution is 2.29. The van der Waals surface area contributed by atoms with Crippen LogP contribution in [-0.2, 0) is 42.9 Å². The molecule has 0 fully saturated rings. The van der Waals surface area contributed by atoms with Gasteiger partial charge in [0.15, 0.2) is 11.9 Å². The maximum absolute atomic E-state index is 12.5. The molecule has 0 saturated carbocycles. The lowest BCUT2D eigenvalue weighted by molar-refractivity contribution is -0.129. The lowest BCUT2D eigenvalue weighted by Crippen LogP contribution is -2.40. The average molecular weight is 873 g/mol. The Bertz CT molecular complexity index is 1590. The number of carbonyl (C=O) groups is 5. The van der Waals surface area contributed by atoms with Gasteiger partial charge in [-0.1, -0.05) is 6.92 Å². The third kappa shape index (κ3) is 28.8. The zero-order valence-electron chi connectivity index (χ0n) is 33.8. The Hall–Kier alpha value is -5.14. The highest BCUT2D eigenvalue weighted by Gasteiger charge is 2.19. The summed E-state index contributed by atoms with van der Waals surface area (Å²) in [6.45, 7) is 8.72. The first-order valence-electron chi connectivity index (χ1n) is 18.5. The lowest BCUT2D eigenvalue weighted by Gasteiger charge is -2.15. The van der Waals surface area contributed by atoms with E-state index in [0.29, 0.717) is 77.7 Å². The Balaban J connectivity index is 0.000000954. The smallest absolute Gasteiger partial charge is 0.290 e. The zero-order chi connectivity index (χ0) is 44.1. The van der Waals surface area contributed by atoms with Crippen molar-refractivity contribution in [3.05, 3.63) is 23.2 Å². The van der Waals surface area contributed by atoms with E-state index in [2.05, 4.69) is 41.2 Å². The first-order chi connectivity index (χ1) is 28.4. The van der Waals surface area contributed by atoms with Gasteiger partial charge >= 0.3 is 0 Å². The molecule has 1 aromatic heterocycles. The number of rotatable bonds is 25. The van der Waals surface area contributed by atoms with E-state index >= 15 is 0 Å². The first-order valence-corrected chi connectivity index (χ1v) is 20.3. The number of methoxy groups -OCH3 is 1. The quantitative estimate of drug-likeness (QED) is 0.0255. The molecule has 2 heterocycles. The van der Waals surface area contributed by atoms with Crippen molar-refractivity contribution in [3.63, 3.8) is 0 Å². The summed E-state index contributed by atoms with van der Waals surface area (Å²) in [5.74, 6) is 0.328. The number of aliphatic imine (C=N–C) groups is 3. The minimum absolute atomic E-state index is 0.00328. The Labute approximate surface area is 352 Å². The molecule has 1 unspecified atom stereocenters. The van der Waals surface area contributed by atoms with Gasteiger partial charge in [0.05, 0.1) is 56.4 Å². The molecule has 2 aromatic rings. The topological polar surface area (TPSA) is 345 Å². The summed E-state index contributed by atoms with van der Waals surface area (Å²) in [7, 11) is 1.61. The van der Waals surface area contributed by atoms with E-state index in [0.717, 1.165) is 45.5 Å². The van der Waals surface area contributed by atoms with Crippen molar-refractivity contribution < 1.29 is 48.0 Å². The van der Waals surface area contributed by atoms with Crippen molar-refractivity contribution in [2.75, 3.05) is 97.2 Å². The van der Waals surface area contributed by atoms with Gasteiger partial charge in [-0.2, -0.15) is 0 Å². The molecule has 3 rings (SSSR count). The minimum Gasteiger partial charge on any atom is -0.483 e. The van der Waals surface area contributed by atoms with Crippen LogP contribution in [0, 0.1) is 0 Å². The van der Waals surface area contributed by atoms with Gasteiger partial charge in [-0.25, -0.2) is 4.98 Å². The van der Waals surface area contributed by atoms with Crippen molar-refractivity contribution in [3.8, 4) is 0 Å². The number of carbonyl (C=O) groups excluding carboxylic acids is 4. The van der Waals surface area contributed by atoms with Crippen LogP contribution in [0.15, 0.2) is 33.2 Å². The molecule has 0 spiro atoms. The Morgan fingerprint density at radius 2 is 1.58 bits per heavy atom. The van der Waals surface area contributed by atoms with E-state index in [9.17, 15) is 19.2 Å². The van der Waals surface area contributed by atoms with E-state index in [1.165, 1.54) is 0 Å². The maximum Gasteiger partial charge on any atom is 0.290 e. The number of hydrogen-bond acceptors (Lipinski definition) is 15. The molecular formula is C35H60N12O10S2. The van der Waals surface area contributed by atoms with Gasteiger partial charge < -0.3 is 68.3 Å². The predicted molar refractivity (Wildman–Crippen MR) is 231 cm³/mol. The van der Waals surface area contributed by atoms with E-state index in [1.54, 1.807) is 36.3 Å². The van der Waals surface area contributed by atoms with Crippen LogP contribution < -0.4 is 44.2 Å². The predicted octanol–water partition coefficient (Wildman–Crippen LogP) is -0.798. The van der Waals surface area contributed by atoms with Crippen LogP contribution in [0.2, 0.25) is 0 Å². The third-order valence-electron chi connectivity index (χ3n) is 6.70. The molecule has 1 aromatic carbocycles. The maximum atomic E-state index is 12.5. The Morgan fingerprint density at radius 1 is 0.932 bits per heavy atom. The second-order valence-electron chi connectivity index (χ2n) is 11.4. The molecule has 1 aliphatic heterocycles. The summed E-state index contributed by atoms with van der Waals surface area (Å²) in [6.07, 6.45) is 2.50. The normalized spacial score (nSPS) is 11.7. The van der Waals surface area contributed by atoms with Crippen molar-refractivity contribution in [1.82, 2.24) is 20.9 Å². The van der Waals surface area contributed by atoms with E-state index < -0.39 is 6.04 Å². The number of guanidine groups is 2. The van der Waals surface area contributed by atoms with Gasteiger partial charge in [-0.3, -0.25) is 38.9 Å². The molecule has 0 aliphatic carbocycles. The monoisotopic (exact) mass is 872 g/mol. The summed E-state index contributed by atoms with van der Waals surface area (Å²) < 4.78 is 21.3. The summed E-state index contributed by atoms with van der Waals surface area (Å²) in [5, 5.41) is 19.2. The lowest BCUT2D eigenvalue weighted by atomic mass is 10.1. The molecule has 22 nitrogen and oxygen atoms in total. The number of nitrogens with zero attached hydrogens (tertiary/aromatic N) is 4. The van der Waals surface area contributed by atoms with Crippen LogP contribution in [0.1, 0.15) is 38.1 Å². The first kappa shape index (κ1) is 53.9. The van der Waals surface area contributed by atoms with Gasteiger partial charge in [0, 0.05) is 44.7 Å². The van der Waals surface area contributed by atoms with Gasteiger partial charge in [0.1, 0.15) is 22.7 Å². The fourth-order valence-corrected chi connectivity index (χ4v) is 6.08. The number of thioether (sulfide) groups is 1. The van der Waals surface area contributed by atoms with Gasteiger partial charge in [0.2, 0.25) is 24.1 Å². The van der Waals surface area contributed by atoms with E-state index in [4.69, 9.17) is 51.8 Å². The number of thiazole rings is 1. The molecule has 0 saturated heterocycles. The van der Waals surface area contributed by atoms with Gasteiger partial charge in [0.25, 0.3) is 6.47 Å². The van der Waals surface area contributed by atoms with Crippen LogP contribution in [0.25, 0.3) is 10.2 Å². The number of hydrogen-bond donors (Lipinski definition) is 9. The summed E-state index contributed by atoms with van der Waals surface area (Å²) in [4.78, 5) is 70.8. The Kier molecular flexibility index (Phi) is 32.8. The number of benzene rings is 1. The minimum atomic E-state index is -0.663. The van der Waals surface area contributed by atoms with Crippen LogP contribution in [0.3, 0.4) is 0 Å². The van der Waals surface area contributed by atoms with Gasteiger partial charge in [-0.05, 0) is 44.4 Å². The molecule has 332 valence electrons. The van der Waals surface area contributed by atoms with E-state index in [1.807, 2.05) is 26.0 Å².